The van der Waals surface area contributed by atoms with Crippen molar-refractivity contribution in [3.63, 3.8) is 0 Å². The van der Waals surface area contributed by atoms with E-state index in [9.17, 15) is 0 Å². The van der Waals surface area contributed by atoms with Crippen LogP contribution in [0.2, 0.25) is 0 Å². The van der Waals surface area contributed by atoms with Gasteiger partial charge in [0.25, 0.3) is 0 Å². The zero-order chi connectivity index (χ0) is 4.50. The number of hydrogen-bond acceptors (Lipinski definition) is 0. The van der Waals surface area contributed by atoms with Gasteiger partial charge in [-0.15, -0.1) is 0 Å². The summed E-state index contributed by atoms with van der Waals surface area (Å²) in [6.45, 7) is 0. The van der Waals surface area contributed by atoms with Gasteiger partial charge in [0.2, 0.25) is 0 Å². The summed E-state index contributed by atoms with van der Waals surface area (Å²) in [6, 6.07) is 0. The maximum Gasteiger partial charge on any atom is 1.00 e. The molecule has 0 spiro atoms. The average molecular weight is 960 g/mol. The van der Waals surface area contributed by atoms with Crippen LogP contribution in [-0.4, -0.2) is 144 Å². The Balaban J connectivity index is -0.0000000267. The molecule has 0 rings (SSSR count). The van der Waals surface area contributed by atoms with E-state index in [0.29, 0.717) is 0 Å². The van der Waals surface area contributed by atoms with Crippen molar-refractivity contribution in [2.24, 2.45) is 0 Å². The predicted molar refractivity (Wildman–Crippen MR) is 47.2 cm³/mol. The molecule has 0 aromatic rings. The fraction of sp³-hybridized carbons (Fsp3) is 0. The van der Waals surface area contributed by atoms with Crippen LogP contribution < -0.4 is 0 Å². The summed E-state index contributed by atoms with van der Waals surface area (Å²) in [4.78, 5) is 0. The first-order valence-electron chi connectivity index (χ1n) is 0.730. The second-order valence-electron chi connectivity index (χ2n) is 0.447. The molecule has 0 atom stereocenters. The molecule has 0 heterocycles. The van der Waals surface area contributed by atoms with Crippen molar-refractivity contribution in [1.29, 1.82) is 0 Å². The Kier molecular flexibility index (Phi) is 35.7. The fourth-order valence-corrected chi connectivity index (χ4v) is 0. The van der Waals surface area contributed by atoms with Crippen LogP contribution in [0.1, 0.15) is 0 Å². The number of rotatable bonds is 0. The minimum atomic E-state index is -0.889. The third kappa shape index (κ3) is 42.8. The smallest absolute Gasteiger partial charge is 1.00 e. The van der Waals surface area contributed by atoms with E-state index in [4.69, 9.17) is 0 Å². The molecule has 0 saturated heterocycles. The summed E-state index contributed by atoms with van der Waals surface area (Å²) in [5.74, 6) is 0. The molecule has 8 heavy (non-hydrogen) atoms. The zero-order valence-electron chi connectivity index (χ0n) is 3.81. The molecule has 8 heteroatoms. The van der Waals surface area contributed by atoms with Crippen LogP contribution in [0.3, 0.4) is 0 Å². The molecular weight excluding hydrogens is 960 g/mol. The first kappa shape index (κ1) is 23.3. The Hall–Kier alpha value is 5.27. The molecule has 0 aromatic heterocycles. The van der Waals surface area contributed by atoms with Crippen molar-refractivity contribution >= 4 is 146 Å². The van der Waals surface area contributed by atoms with Gasteiger partial charge < -0.3 is 0 Å². The standard InChI is InChI=1S/H3PSe4.3Tl/c2-1(3,4)5;;;/h(H3,2,3,4,5);;;/q;3*+1/p-3. The van der Waals surface area contributed by atoms with Crippen molar-refractivity contribution < 1.29 is 0 Å². The third-order valence-corrected chi connectivity index (χ3v) is 0. The van der Waals surface area contributed by atoms with Gasteiger partial charge in [-0.3, -0.25) is 0 Å². The van der Waals surface area contributed by atoms with Crippen LogP contribution in [-0.2, 0) is 0 Å². The summed E-state index contributed by atoms with van der Waals surface area (Å²) >= 11 is 11.7. The molecular formula is PSe4Tl3. The van der Waals surface area contributed by atoms with Gasteiger partial charge in [0, 0.05) is 0 Å². The molecule has 0 saturated carbocycles. The SMILES string of the molecule is [Se-][P+]([Se-])([Se-])[Se-].[Tl+].[Tl+].[Tl+]. The van der Waals surface area contributed by atoms with Gasteiger partial charge in [0.15, 0.2) is 0 Å². The Morgan fingerprint density at radius 3 is 0.625 bits per heavy atom. The molecule has 0 amide bonds. The first-order chi connectivity index (χ1) is 2.00. The van der Waals surface area contributed by atoms with E-state index in [2.05, 4.69) is 62.3 Å². The minimum Gasteiger partial charge on any atom is 1.00 e. The summed E-state index contributed by atoms with van der Waals surface area (Å²) in [6.07, 6.45) is 0. The molecule has 0 unspecified atom stereocenters. The monoisotopic (exact) mass is 966 g/mol. The molecule has 0 aliphatic rings. The van der Waals surface area contributed by atoms with Gasteiger partial charge in [-0.25, -0.2) is 0 Å². The van der Waals surface area contributed by atoms with Crippen LogP contribution >= 0.6 is 2.02 Å². The van der Waals surface area contributed by atoms with Crippen molar-refractivity contribution in [3.05, 3.63) is 0 Å². The minimum absolute atomic E-state index is 0. The van der Waals surface area contributed by atoms with Crippen LogP contribution in [0.15, 0.2) is 0 Å². The van der Waals surface area contributed by atoms with Crippen molar-refractivity contribution in [2.45, 2.75) is 0 Å². The van der Waals surface area contributed by atoms with Crippen LogP contribution in [0.4, 0.5) is 0 Å². The molecule has 0 fully saturated rings. The van der Waals surface area contributed by atoms with Gasteiger partial charge in [0.1, 0.15) is 0 Å². The van der Waals surface area contributed by atoms with Gasteiger partial charge >= 0.3 is 146 Å². The summed E-state index contributed by atoms with van der Waals surface area (Å²) < 4.78 is -0.889. The van der Waals surface area contributed by atoms with E-state index in [1.807, 2.05) is 0 Å². The molecule has 0 bridgehead atoms. The Bertz CT molecular complexity index is 26.8. The predicted octanol–water partition coefficient (Wildman–Crippen LogP) is -1.80. The van der Waals surface area contributed by atoms with E-state index in [1.165, 1.54) is 0 Å². The molecule has 0 aliphatic heterocycles. The Labute approximate surface area is 142 Å². The summed E-state index contributed by atoms with van der Waals surface area (Å²) in [5, 5.41) is 0. The Morgan fingerprint density at radius 1 is 0.625 bits per heavy atom. The van der Waals surface area contributed by atoms with E-state index in [-0.39, 0.29) is 81.9 Å². The largest absolute Gasteiger partial charge is 1.00 e. The van der Waals surface area contributed by atoms with E-state index < -0.39 is 2.02 Å². The van der Waals surface area contributed by atoms with E-state index in [0.717, 1.165) is 0 Å². The van der Waals surface area contributed by atoms with Crippen molar-refractivity contribution in [3.8, 4) is 0 Å². The van der Waals surface area contributed by atoms with Crippen LogP contribution in [0.25, 0.3) is 0 Å². The zero-order valence-corrected chi connectivity index (χ0v) is 25.0. The van der Waals surface area contributed by atoms with Crippen LogP contribution in [0.5, 0.6) is 0 Å². The Morgan fingerprint density at radius 2 is 0.625 bits per heavy atom. The second kappa shape index (κ2) is 12.3. The van der Waals surface area contributed by atoms with Gasteiger partial charge in [-0.05, 0) is 0 Å². The quantitative estimate of drug-likeness (QED) is 0.199. The normalized spacial score (nSPS) is 7.50. The molecule has 0 aromatic carbocycles. The molecule has 0 radical (unpaired) electrons. The molecule has 0 N–H and O–H groups in total. The first-order valence-corrected chi connectivity index (χ1v) is 11.4. The molecule has 0 nitrogen and oxygen atoms in total. The average Bonchev–Trinajstić information content (AvgIpc) is 0.722. The molecule has 38 valence electrons. The van der Waals surface area contributed by atoms with E-state index >= 15 is 0 Å². The van der Waals surface area contributed by atoms with Gasteiger partial charge in [-0.2, -0.15) is 0 Å². The second-order valence-corrected chi connectivity index (χ2v) is 36.2. The van der Waals surface area contributed by atoms with Crippen molar-refractivity contribution in [2.75, 3.05) is 0 Å². The van der Waals surface area contributed by atoms with Gasteiger partial charge in [-0.1, -0.05) is 0 Å². The van der Waals surface area contributed by atoms with E-state index in [1.54, 1.807) is 0 Å². The molecule has 0 aliphatic carbocycles. The topological polar surface area (TPSA) is 0 Å². The fourth-order valence-electron chi connectivity index (χ4n) is 0. The van der Waals surface area contributed by atoms with Crippen molar-refractivity contribution in [1.82, 2.24) is 0 Å². The van der Waals surface area contributed by atoms with Gasteiger partial charge in [0.05, 0.1) is 0 Å². The van der Waals surface area contributed by atoms with Crippen LogP contribution in [0, 0.1) is 0 Å². The summed E-state index contributed by atoms with van der Waals surface area (Å²) in [5.41, 5.74) is 0. The summed E-state index contributed by atoms with van der Waals surface area (Å²) in [7, 11) is 0. The maximum atomic E-state index is 2.92. The third-order valence-electron chi connectivity index (χ3n) is 0. The maximum absolute atomic E-state index is 2.92. The number of hydrogen-bond donors (Lipinski definition) is 0.